The normalized spacial score (nSPS) is 27.2. The van der Waals surface area contributed by atoms with Gasteiger partial charge in [-0.2, -0.15) is 5.10 Å². The molecular formula is C12H16N4S. The van der Waals surface area contributed by atoms with Crippen LogP contribution in [-0.4, -0.2) is 28.3 Å². The molecule has 17 heavy (non-hydrogen) atoms. The first-order valence-electron chi connectivity index (χ1n) is 6.12. The number of fused-ring (bicyclic) bond motifs is 1. The molecule has 2 heterocycles. The van der Waals surface area contributed by atoms with Crippen molar-refractivity contribution in [1.29, 1.82) is 0 Å². The zero-order valence-corrected chi connectivity index (χ0v) is 10.5. The van der Waals surface area contributed by atoms with Crippen LogP contribution in [0, 0.1) is 11.8 Å². The Bertz CT molecular complexity index is 436. The van der Waals surface area contributed by atoms with E-state index in [0.29, 0.717) is 4.99 Å². The van der Waals surface area contributed by atoms with Crippen molar-refractivity contribution in [2.24, 2.45) is 17.6 Å². The van der Waals surface area contributed by atoms with Gasteiger partial charge in [-0.1, -0.05) is 18.6 Å². The molecule has 0 bridgehead atoms. The third-order valence-corrected chi connectivity index (χ3v) is 4.21. The van der Waals surface area contributed by atoms with E-state index in [1.54, 1.807) is 6.20 Å². The Balaban J connectivity index is 1.88. The molecule has 1 aliphatic carbocycles. The summed E-state index contributed by atoms with van der Waals surface area (Å²) in [5, 5.41) is 8.18. The molecule has 1 aromatic heterocycles. The molecule has 2 aliphatic rings. The number of thiocarbonyl (C=S) groups is 1. The fraction of sp³-hybridized carbons (Fsp3) is 0.583. The maximum Gasteiger partial charge on any atom is 0.161 e. The second-order valence-electron chi connectivity index (χ2n) is 4.99. The lowest BCUT2D eigenvalue weighted by molar-refractivity contribution is 0.494. The average Bonchev–Trinajstić information content (AvgIpc) is 2.88. The summed E-state index contributed by atoms with van der Waals surface area (Å²) in [7, 11) is 0. The van der Waals surface area contributed by atoms with Crippen LogP contribution >= 0.6 is 12.2 Å². The molecular weight excluding hydrogens is 232 g/mol. The highest BCUT2D eigenvalue weighted by Gasteiger charge is 2.37. The Morgan fingerprint density at radius 2 is 2.06 bits per heavy atom. The minimum absolute atomic E-state index is 0.409. The van der Waals surface area contributed by atoms with Gasteiger partial charge in [0.05, 0.1) is 11.8 Å². The van der Waals surface area contributed by atoms with Crippen molar-refractivity contribution < 1.29 is 0 Å². The zero-order valence-electron chi connectivity index (χ0n) is 9.67. The highest BCUT2D eigenvalue weighted by atomic mass is 32.1. The van der Waals surface area contributed by atoms with Gasteiger partial charge in [0.2, 0.25) is 0 Å². The first kappa shape index (κ1) is 10.9. The molecule has 3 rings (SSSR count). The minimum Gasteiger partial charge on any atom is -0.389 e. The van der Waals surface area contributed by atoms with E-state index < -0.39 is 0 Å². The minimum atomic E-state index is 0.409. The third kappa shape index (κ3) is 1.88. The van der Waals surface area contributed by atoms with E-state index in [0.717, 1.165) is 36.3 Å². The highest BCUT2D eigenvalue weighted by molar-refractivity contribution is 7.80. The van der Waals surface area contributed by atoms with Gasteiger partial charge in [-0.25, -0.2) is 0 Å². The van der Waals surface area contributed by atoms with Gasteiger partial charge >= 0.3 is 0 Å². The first-order chi connectivity index (χ1) is 8.25. The van der Waals surface area contributed by atoms with Gasteiger partial charge in [0, 0.05) is 13.1 Å². The molecule has 5 heteroatoms. The van der Waals surface area contributed by atoms with E-state index in [9.17, 15) is 0 Å². The van der Waals surface area contributed by atoms with E-state index in [1.165, 1.54) is 19.3 Å². The summed E-state index contributed by atoms with van der Waals surface area (Å²) in [4.78, 5) is 2.71. The maximum atomic E-state index is 5.73. The summed E-state index contributed by atoms with van der Waals surface area (Å²) in [5.74, 6) is 2.53. The molecule has 2 fully saturated rings. The van der Waals surface area contributed by atoms with Crippen LogP contribution in [0.25, 0.3) is 0 Å². The second-order valence-corrected chi connectivity index (χ2v) is 5.43. The molecule has 1 aliphatic heterocycles. The van der Waals surface area contributed by atoms with Crippen LogP contribution in [0.3, 0.4) is 0 Å². The molecule has 1 saturated heterocycles. The lowest BCUT2D eigenvalue weighted by Crippen LogP contribution is -2.26. The van der Waals surface area contributed by atoms with Gasteiger partial charge in [-0.15, -0.1) is 5.10 Å². The van der Waals surface area contributed by atoms with E-state index in [4.69, 9.17) is 18.0 Å². The molecule has 0 amide bonds. The Hall–Kier alpha value is -1.23. The number of hydrogen-bond donors (Lipinski definition) is 1. The van der Waals surface area contributed by atoms with Gasteiger partial charge in [0.1, 0.15) is 4.99 Å². The molecule has 2 atom stereocenters. The van der Waals surface area contributed by atoms with Crippen molar-refractivity contribution in [2.45, 2.75) is 19.3 Å². The number of nitrogens with two attached hydrogens (primary N) is 1. The van der Waals surface area contributed by atoms with Crippen molar-refractivity contribution in [3.63, 3.8) is 0 Å². The van der Waals surface area contributed by atoms with Crippen LogP contribution in [0.2, 0.25) is 0 Å². The highest BCUT2D eigenvalue weighted by Crippen LogP contribution is 2.39. The van der Waals surface area contributed by atoms with Gasteiger partial charge in [0.25, 0.3) is 0 Å². The molecule has 90 valence electrons. The van der Waals surface area contributed by atoms with Crippen molar-refractivity contribution in [3.05, 3.63) is 17.8 Å². The summed E-state index contributed by atoms with van der Waals surface area (Å²) in [6.07, 6.45) is 5.73. The Morgan fingerprint density at radius 3 is 2.71 bits per heavy atom. The summed E-state index contributed by atoms with van der Waals surface area (Å²) < 4.78 is 0. The number of rotatable bonds is 2. The molecule has 0 spiro atoms. The predicted molar refractivity (Wildman–Crippen MR) is 71.0 cm³/mol. The van der Waals surface area contributed by atoms with Crippen LogP contribution in [0.1, 0.15) is 24.8 Å². The maximum absolute atomic E-state index is 5.73. The Kier molecular flexibility index (Phi) is 2.70. The van der Waals surface area contributed by atoms with E-state index in [2.05, 4.69) is 15.1 Å². The lowest BCUT2D eigenvalue weighted by atomic mass is 10.0. The fourth-order valence-electron chi connectivity index (χ4n) is 3.16. The monoisotopic (exact) mass is 248 g/mol. The van der Waals surface area contributed by atoms with Crippen LogP contribution in [0.5, 0.6) is 0 Å². The molecule has 1 aromatic rings. The lowest BCUT2D eigenvalue weighted by Gasteiger charge is -2.20. The standard InChI is InChI=1S/C12H16N4S/c13-11(17)10-4-5-14-15-12(10)16-6-8-2-1-3-9(8)7-16/h4-5,8-9H,1-3,6-7H2,(H2,13,17). The fourth-order valence-corrected chi connectivity index (χ4v) is 3.32. The predicted octanol–water partition coefficient (Wildman–Crippen LogP) is 1.35. The van der Waals surface area contributed by atoms with E-state index in [1.807, 2.05) is 6.07 Å². The summed E-state index contributed by atoms with van der Waals surface area (Å²) in [5.41, 5.74) is 6.59. The van der Waals surface area contributed by atoms with Gasteiger partial charge in [-0.3, -0.25) is 0 Å². The van der Waals surface area contributed by atoms with Crippen LogP contribution in [0.15, 0.2) is 12.3 Å². The van der Waals surface area contributed by atoms with E-state index >= 15 is 0 Å². The molecule has 2 N–H and O–H groups in total. The van der Waals surface area contributed by atoms with Crippen molar-refractivity contribution >= 4 is 23.0 Å². The van der Waals surface area contributed by atoms with Crippen molar-refractivity contribution in [3.8, 4) is 0 Å². The largest absolute Gasteiger partial charge is 0.389 e. The smallest absolute Gasteiger partial charge is 0.161 e. The van der Waals surface area contributed by atoms with Crippen molar-refractivity contribution in [2.75, 3.05) is 18.0 Å². The van der Waals surface area contributed by atoms with E-state index in [-0.39, 0.29) is 0 Å². The zero-order chi connectivity index (χ0) is 11.8. The number of aromatic nitrogens is 2. The van der Waals surface area contributed by atoms with Gasteiger partial charge in [0.15, 0.2) is 5.82 Å². The summed E-state index contributed by atoms with van der Waals surface area (Å²) in [6.45, 7) is 2.16. The second kappa shape index (κ2) is 4.22. The first-order valence-corrected chi connectivity index (χ1v) is 6.53. The Morgan fingerprint density at radius 1 is 1.35 bits per heavy atom. The quantitative estimate of drug-likeness (QED) is 0.801. The third-order valence-electron chi connectivity index (χ3n) is 3.99. The van der Waals surface area contributed by atoms with Crippen LogP contribution in [0.4, 0.5) is 5.82 Å². The number of nitrogens with zero attached hydrogens (tertiary/aromatic N) is 3. The summed E-state index contributed by atoms with van der Waals surface area (Å²) >= 11 is 5.07. The number of hydrogen-bond acceptors (Lipinski definition) is 4. The van der Waals surface area contributed by atoms with Crippen LogP contribution in [-0.2, 0) is 0 Å². The average molecular weight is 248 g/mol. The molecule has 4 nitrogen and oxygen atoms in total. The molecule has 0 radical (unpaired) electrons. The molecule has 0 aromatic carbocycles. The van der Waals surface area contributed by atoms with Crippen molar-refractivity contribution in [1.82, 2.24) is 10.2 Å². The van der Waals surface area contributed by atoms with Crippen LogP contribution < -0.4 is 10.6 Å². The SMILES string of the molecule is NC(=S)c1ccnnc1N1CC2CCCC2C1. The molecule has 2 unspecified atom stereocenters. The van der Waals surface area contributed by atoms with Gasteiger partial charge in [-0.05, 0) is 30.7 Å². The number of anilines is 1. The topological polar surface area (TPSA) is 55.0 Å². The Labute approximate surface area is 106 Å². The summed E-state index contributed by atoms with van der Waals surface area (Å²) in [6, 6.07) is 1.86. The van der Waals surface area contributed by atoms with Gasteiger partial charge < -0.3 is 10.6 Å². The molecule has 1 saturated carbocycles.